The summed E-state index contributed by atoms with van der Waals surface area (Å²) in [4.78, 5) is 31.9. The summed E-state index contributed by atoms with van der Waals surface area (Å²) in [5.41, 5.74) is -1.50. The van der Waals surface area contributed by atoms with Gasteiger partial charge in [0.05, 0.1) is 40.5 Å². The van der Waals surface area contributed by atoms with Gasteiger partial charge in [0.1, 0.15) is 0 Å². The van der Waals surface area contributed by atoms with Crippen molar-refractivity contribution in [3.63, 3.8) is 0 Å². The number of ether oxygens (including phenoxy) is 2. The highest BCUT2D eigenvalue weighted by Gasteiger charge is 2.29. The van der Waals surface area contributed by atoms with Crippen molar-refractivity contribution in [1.82, 2.24) is 9.78 Å². The molecule has 0 aliphatic rings. The first kappa shape index (κ1) is 15.2. The normalized spacial score (nSPS) is 10.5. The Kier molecular flexibility index (Phi) is 3.88. The van der Waals surface area contributed by atoms with Gasteiger partial charge in [0, 0.05) is 6.07 Å². The predicted molar refractivity (Wildman–Crippen MR) is 72.0 cm³/mol. The molecular formula is C11H10N4O7. The average molecular weight is 310 g/mol. The smallest absolute Gasteiger partial charge is 0.435 e. The van der Waals surface area contributed by atoms with E-state index in [1.54, 1.807) is 6.92 Å². The second-order valence-corrected chi connectivity index (χ2v) is 3.99. The number of nitro benzene ring substituents is 2. The molecule has 116 valence electrons. The van der Waals surface area contributed by atoms with Crippen LogP contribution < -0.4 is 4.74 Å². The standard InChI is InChI=1S/C11H10N4O7/c1-3-22-11(16)13-7-5-9(15(19)20)8(14(17)18)4-6(7)10(12-13)21-2/h4-5H,3H2,1-2H3. The molecule has 1 heterocycles. The molecule has 2 aromatic rings. The van der Waals surface area contributed by atoms with Crippen LogP contribution in [0.5, 0.6) is 5.88 Å². The van der Waals surface area contributed by atoms with Crippen LogP contribution in [0.4, 0.5) is 16.2 Å². The summed E-state index contributed by atoms with van der Waals surface area (Å²) in [6.45, 7) is 1.64. The van der Waals surface area contributed by atoms with Gasteiger partial charge in [-0.1, -0.05) is 0 Å². The number of fused-ring (bicyclic) bond motifs is 1. The lowest BCUT2D eigenvalue weighted by Crippen LogP contribution is -2.15. The number of aromatic nitrogens is 2. The summed E-state index contributed by atoms with van der Waals surface area (Å²) >= 11 is 0. The van der Waals surface area contributed by atoms with Gasteiger partial charge in [-0.15, -0.1) is 5.10 Å². The van der Waals surface area contributed by atoms with Crippen molar-refractivity contribution in [3.05, 3.63) is 32.4 Å². The van der Waals surface area contributed by atoms with E-state index in [0.29, 0.717) is 0 Å². The van der Waals surface area contributed by atoms with E-state index in [1.807, 2.05) is 0 Å². The molecule has 0 bridgehead atoms. The van der Waals surface area contributed by atoms with Crippen LogP contribution in [0, 0.1) is 20.2 Å². The summed E-state index contributed by atoms with van der Waals surface area (Å²) in [5, 5.41) is 25.8. The number of rotatable bonds is 4. The van der Waals surface area contributed by atoms with Crippen molar-refractivity contribution in [2.24, 2.45) is 0 Å². The van der Waals surface area contributed by atoms with Crippen LogP contribution in [-0.2, 0) is 4.74 Å². The summed E-state index contributed by atoms with van der Waals surface area (Å²) in [5.74, 6) is -0.0824. The van der Waals surface area contributed by atoms with Gasteiger partial charge in [-0.2, -0.15) is 4.68 Å². The first-order valence-corrected chi connectivity index (χ1v) is 5.97. The molecule has 0 unspecified atom stereocenters. The quantitative estimate of drug-likeness (QED) is 0.615. The van der Waals surface area contributed by atoms with Crippen LogP contribution >= 0.6 is 0 Å². The maximum Gasteiger partial charge on any atom is 0.435 e. The van der Waals surface area contributed by atoms with Crippen LogP contribution in [0.25, 0.3) is 10.9 Å². The van der Waals surface area contributed by atoms with Gasteiger partial charge in [0.25, 0.3) is 0 Å². The van der Waals surface area contributed by atoms with Crippen molar-refractivity contribution in [2.75, 3.05) is 13.7 Å². The molecule has 1 aromatic heterocycles. The molecule has 0 fully saturated rings. The van der Waals surface area contributed by atoms with Crippen LogP contribution in [0.1, 0.15) is 6.92 Å². The zero-order valence-electron chi connectivity index (χ0n) is 11.5. The Balaban J connectivity index is 2.80. The number of carbonyl (C=O) groups excluding carboxylic acids is 1. The van der Waals surface area contributed by atoms with Crippen LogP contribution in [0.15, 0.2) is 12.1 Å². The Hall–Kier alpha value is -3.24. The fourth-order valence-electron chi connectivity index (χ4n) is 1.88. The van der Waals surface area contributed by atoms with Crippen LogP contribution in [0.2, 0.25) is 0 Å². The van der Waals surface area contributed by atoms with Crippen molar-refractivity contribution in [2.45, 2.75) is 6.92 Å². The Labute approximate surface area is 122 Å². The zero-order valence-corrected chi connectivity index (χ0v) is 11.5. The van der Waals surface area contributed by atoms with Crippen molar-refractivity contribution < 1.29 is 24.1 Å². The lowest BCUT2D eigenvalue weighted by Gasteiger charge is -2.01. The molecular weight excluding hydrogens is 300 g/mol. The Morgan fingerprint density at radius 3 is 2.36 bits per heavy atom. The molecule has 0 saturated heterocycles. The number of nitrogens with zero attached hydrogens (tertiary/aromatic N) is 4. The van der Waals surface area contributed by atoms with Gasteiger partial charge in [-0.05, 0) is 6.92 Å². The van der Waals surface area contributed by atoms with Crippen molar-refractivity contribution in [3.8, 4) is 5.88 Å². The minimum absolute atomic E-state index is 0.0207. The van der Waals surface area contributed by atoms with E-state index in [1.165, 1.54) is 7.11 Å². The molecule has 11 nitrogen and oxygen atoms in total. The van der Waals surface area contributed by atoms with Gasteiger partial charge in [0.2, 0.25) is 5.88 Å². The number of carbonyl (C=O) groups is 1. The summed E-state index contributed by atoms with van der Waals surface area (Å²) in [6.07, 6.45) is -0.876. The molecule has 0 atom stereocenters. The number of hydrogen-bond donors (Lipinski definition) is 0. The fraction of sp³-hybridized carbons (Fsp3) is 0.273. The monoisotopic (exact) mass is 310 g/mol. The molecule has 0 radical (unpaired) electrons. The second-order valence-electron chi connectivity index (χ2n) is 3.99. The van der Waals surface area contributed by atoms with E-state index in [4.69, 9.17) is 9.47 Å². The lowest BCUT2D eigenvalue weighted by atomic mass is 10.2. The van der Waals surface area contributed by atoms with Crippen molar-refractivity contribution >= 4 is 28.4 Å². The Bertz CT molecular complexity index is 782. The third-order valence-corrected chi connectivity index (χ3v) is 2.77. The SMILES string of the molecule is CCOC(=O)n1nc(OC)c2cc([N+](=O)[O-])c([N+](=O)[O-])cc21. The third-order valence-electron chi connectivity index (χ3n) is 2.77. The highest BCUT2D eigenvalue weighted by molar-refractivity contribution is 5.95. The Morgan fingerprint density at radius 1 is 1.27 bits per heavy atom. The molecule has 0 aliphatic heterocycles. The van der Waals surface area contributed by atoms with E-state index in [2.05, 4.69) is 5.10 Å². The van der Waals surface area contributed by atoms with Gasteiger partial charge in [-0.25, -0.2) is 4.79 Å². The van der Waals surface area contributed by atoms with Gasteiger partial charge >= 0.3 is 17.5 Å². The zero-order chi connectivity index (χ0) is 16.4. The third kappa shape index (κ3) is 2.39. The molecule has 0 aliphatic carbocycles. The van der Waals surface area contributed by atoms with E-state index >= 15 is 0 Å². The topological polar surface area (TPSA) is 140 Å². The highest BCUT2D eigenvalue weighted by atomic mass is 16.6. The number of nitro groups is 2. The van der Waals surface area contributed by atoms with Gasteiger partial charge in [0.15, 0.2) is 0 Å². The van der Waals surface area contributed by atoms with E-state index < -0.39 is 27.3 Å². The Morgan fingerprint density at radius 2 is 1.86 bits per heavy atom. The molecule has 2 rings (SSSR count). The van der Waals surface area contributed by atoms with Crippen LogP contribution in [-0.4, -0.2) is 39.4 Å². The predicted octanol–water partition coefficient (Wildman–Crippen LogP) is 1.87. The van der Waals surface area contributed by atoms with Crippen molar-refractivity contribution in [1.29, 1.82) is 0 Å². The van der Waals surface area contributed by atoms with Crippen LogP contribution in [0.3, 0.4) is 0 Å². The molecule has 22 heavy (non-hydrogen) atoms. The average Bonchev–Trinajstić information content (AvgIpc) is 2.83. The number of methoxy groups -OCH3 is 1. The number of benzene rings is 1. The largest absolute Gasteiger partial charge is 0.479 e. The first-order chi connectivity index (χ1) is 10.4. The summed E-state index contributed by atoms with van der Waals surface area (Å²) in [7, 11) is 1.25. The van der Waals surface area contributed by atoms with E-state index in [9.17, 15) is 25.0 Å². The molecule has 1 aromatic carbocycles. The maximum absolute atomic E-state index is 11.8. The summed E-state index contributed by atoms with van der Waals surface area (Å²) < 4.78 is 10.5. The lowest BCUT2D eigenvalue weighted by molar-refractivity contribution is -0.422. The van der Waals surface area contributed by atoms with E-state index in [-0.39, 0.29) is 23.4 Å². The highest BCUT2D eigenvalue weighted by Crippen LogP contribution is 2.35. The minimum Gasteiger partial charge on any atom is -0.479 e. The fourth-order valence-corrected chi connectivity index (χ4v) is 1.88. The number of hydrogen-bond acceptors (Lipinski definition) is 8. The molecule has 0 spiro atoms. The first-order valence-electron chi connectivity index (χ1n) is 5.97. The minimum atomic E-state index is -0.910. The van der Waals surface area contributed by atoms with Gasteiger partial charge < -0.3 is 9.47 Å². The second kappa shape index (κ2) is 5.63. The summed E-state index contributed by atoms with van der Waals surface area (Å²) in [6, 6.07) is 1.83. The molecule has 0 N–H and O–H groups in total. The molecule has 0 amide bonds. The molecule has 0 saturated carbocycles. The molecule has 11 heteroatoms. The van der Waals surface area contributed by atoms with Gasteiger partial charge in [-0.3, -0.25) is 20.2 Å². The maximum atomic E-state index is 11.8. The van der Waals surface area contributed by atoms with E-state index in [0.717, 1.165) is 16.8 Å².